The minimum atomic E-state index is -3.52. The third-order valence-corrected chi connectivity index (χ3v) is 4.84. The average Bonchev–Trinajstić information content (AvgIpc) is 2.59. The van der Waals surface area contributed by atoms with Crippen LogP contribution in [0.2, 0.25) is 0 Å². The Labute approximate surface area is 137 Å². The molecule has 0 fully saturated rings. The number of hydrogen-bond donors (Lipinski definition) is 1. The van der Waals surface area contributed by atoms with Crippen LogP contribution in [0.15, 0.2) is 53.4 Å². The summed E-state index contributed by atoms with van der Waals surface area (Å²) in [6, 6.07) is 14.1. The van der Waals surface area contributed by atoms with Crippen LogP contribution in [0.4, 0.5) is 0 Å². The minimum absolute atomic E-state index is 0.176. The quantitative estimate of drug-likeness (QED) is 0.753. The molecule has 2 aromatic carbocycles. The topological polar surface area (TPSA) is 64.6 Å². The lowest BCUT2D eigenvalue weighted by Gasteiger charge is -2.11. The van der Waals surface area contributed by atoms with Crippen LogP contribution >= 0.6 is 0 Å². The lowest BCUT2D eigenvalue weighted by atomic mass is 10.2. The number of sulfonamides is 1. The van der Waals surface area contributed by atoms with E-state index in [0.29, 0.717) is 11.5 Å². The van der Waals surface area contributed by atoms with E-state index in [2.05, 4.69) is 4.72 Å². The summed E-state index contributed by atoms with van der Waals surface area (Å²) in [5.74, 6) is 1.20. The van der Waals surface area contributed by atoms with Crippen molar-refractivity contribution in [2.24, 2.45) is 0 Å². The standard InChI is InChI=1S/C17H21NO4S/c1-3-14-8-10-15(11-9-14)23(19,20)18-12-13-22-17-7-5-4-6-16(17)21-2/h4-11,18H,3,12-13H2,1-2H3. The Morgan fingerprint density at radius 1 is 1.00 bits per heavy atom. The summed E-state index contributed by atoms with van der Waals surface area (Å²) in [7, 11) is -1.96. The molecule has 0 aromatic heterocycles. The molecule has 0 aliphatic heterocycles. The van der Waals surface area contributed by atoms with Crippen molar-refractivity contribution < 1.29 is 17.9 Å². The van der Waals surface area contributed by atoms with Crippen LogP contribution in [0.1, 0.15) is 12.5 Å². The van der Waals surface area contributed by atoms with Crippen LogP contribution in [-0.2, 0) is 16.4 Å². The van der Waals surface area contributed by atoms with E-state index in [1.807, 2.05) is 31.2 Å². The molecule has 0 radical (unpaired) electrons. The van der Waals surface area contributed by atoms with Crippen molar-refractivity contribution in [1.82, 2.24) is 4.72 Å². The summed E-state index contributed by atoms with van der Waals surface area (Å²) >= 11 is 0. The van der Waals surface area contributed by atoms with Gasteiger partial charge < -0.3 is 9.47 Å². The average molecular weight is 335 g/mol. The predicted molar refractivity (Wildman–Crippen MR) is 89.5 cm³/mol. The Balaban J connectivity index is 1.89. The van der Waals surface area contributed by atoms with Crippen LogP contribution in [0.3, 0.4) is 0 Å². The number of benzene rings is 2. The maximum atomic E-state index is 12.2. The molecule has 0 aliphatic carbocycles. The normalized spacial score (nSPS) is 11.2. The van der Waals surface area contributed by atoms with Crippen molar-refractivity contribution in [3.05, 3.63) is 54.1 Å². The number of aryl methyl sites for hydroxylation is 1. The Bertz CT molecular complexity index is 727. The van der Waals surface area contributed by atoms with Gasteiger partial charge in [0.1, 0.15) is 6.61 Å². The van der Waals surface area contributed by atoms with Crippen LogP contribution in [0, 0.1) is 0 Å². The molecule has 0 atom stereocenters. The van der Waals surface area contributed by atoms with E-state index in [0.717, 1.165) is 12.0 Å². The molecule has 0 bridgehead atoms. The maximum Gasteiger partial charge on any atom is 0.240 e. The van der Waals surface area contributed by atoms with Gasteiger partial charge in [-0.3, -0.25) is 0 Å². The molecule has 0 saturated carbocycles. The smallest absolute Gasteiger partial charge is 0.240 e. The van der Waals surface area contributed by atoms with Gasteiger partial charge in [0.15, 0.2) is 11.5 Å². The van der Waals surface area contributed by atoms with Crippen LogP contribution in [0.25, 0.3) is 0 Å². The summed E-state index contributed by atoms with van der Waals surface area (Å²) in [4.78, 5) is 0.256. The summed E-state index contributed by atoms with van der Waals surface area (Å²) in [5, 5.41) is 0. The number of para-hydroxylation sites is 2. The van der Waals surface area contributed by atoms with E-state index in [9.17, 15) is 8.42 Å². The van der Waals surface area contributed by atoms with Crippen molar-refractivity contribution in [2.75, 3.05) is 20.3 Å². The van der Waals surface area contributed by atoms with Gasteiger partial charge in [0.05, 0.1) is 12.0 Å². The minimum Gasteiger partial charge on any atom is -0.493 e. The van der Waals surface area contributed by atoms with Crippen LogP contribution < -0.4 is 14.2 Å². The molecule has 0 unspecified atom stereocenters. The monoisotopic (exact) mass is 335 g/mol. The SMILES string of the molecule is CCc1ccc(S(=O)(=O)NCCOc2ccccc2OC)cc1. The van der Waals surface area contributed by atoms with Crippen molar-refractivity contribution in [1.29, 1.82) is 0 Å². The second-order valence-electron chi connectivity index (χ2n) is 4.89. The molecule has 6 heteroatoms. The Hall–Kier alpha value is -2.05. The highest BCUT2D eigenvalue weighted by molar-refractivity contribution is 7.89. The van der Waals surface area contributed by atoms with Gasteiger partial charge in [-0.05, 0) is 36.2 Å². The number of hydrogen-bond acceptors (Lipinski definition) is 4. The number of rotatable bonds is 8. The van der Waals surface area contributed by atoms with Crippen LogP contribution in [0.5, 0.6) is 11.5 Å². The van der Waals surface area contributed by atoms with Gasteiger partial charge in [0.2, 0.25) is 10.0 Å². The van der Waals surface area contributed by atoms with Crippen molar-refractivity contribution >= 4 is 10.0 Å². The van der Waals surface area contributed by atoms with Gasteiger partial charge in [-0.25, -0.2) is 13.1 Å². The second-order valence-corrected chi connectivity index (χ2v) is 6.66. The first kappa shape index (κ1) is 17.3. The zero-order chi connectivity index (χ0) is 16.7. The molecular weight excluding hydrogens is 314 g/mol. The predicted octanol–water partition coefficient (Wildman–Crippen LogP) is 2.61. The molecule has 0 heterocycles. The van der Waals surface area contributed by atoms with Gasteiger partial charge in [-0.15, -0.1) is 0 Å². The highest BCUT2D eigenvalue weighted by Crippen LogP contribution is 2.25. The third-order valence-electron chi connectivity index (χ3n) is 3.36. The molecule has 23 heavy (non-hydrogen) atoms. The number of methoxy groups -OCH3 is 1. The summed E-state index contributed by atoms with van der Waals surface area (Å²) in [5.41, 5.74) is 1.10. The molecule has 1 N–H and O–H groups in total. The lowest BCUT2D eigenvalue weighted by molar-refractivity contribution is 0.299. The second kappa shape index (κ2) is 7.99. The first-order valence-corrected chi connectivity index (χ1v) is 8.89. The molecule has 124 valence electrons. The molecular formula is C17H21NO4S. The molecule has 2 aromatic rings. The van der Waals surface area contributed by atoms with Crippen LogP contribution in [-0.4, -0.2) is 28.7 Å². The van der Waals surface area contributed by atoms with Gasteiger partial charge in [-0.1, -0.05) is 31.2 Å². The summed E-state index contributed by atoms with van der Waals surface area (Å²) in [6.45, 7) is 2.42. The zero-order valence-electron chi connectivity index (χ0n) is 13.3. The molecule has 0 aliphatic rings. The molecule has 0 saturated heterocycles. The van der Waals surface area contributed by atoms with E-state index in [1.165, 1.54) is 0 Å². The fourth-order valence-corrected chi connectivity index (χ4v) is 3.08. The zero-order valence-corrected chi connectivity index (χ0v) is 14.1. The largest absolute Gasteiger partial charge is 0.493 e. The van der Waals surface area contributed by atoms with E-state index in [-0.39, 0.29) is 18.0 Å². The first-order chi connectivity index (χ1) is 11.1. The third kappa shape index (κ3) is 4.71. The highest BCUT2D eigenvalue weighted by atomic mass is 32.2. The van der Waals surface area contributed by atoms with E-state index in [4.69, 9.17) is 9.47 Å². The molecule has 0 amide bonds. The maximum absolute atomic E-state index is 12.2. The Kier molecular flexibility index (Phi) is 6.01. The van der Waals surface area contributed by atoms with Gasteiger partial charge >= 0.3 is 0 Å². The summed E-state index contributed by atoms with van der Waals surface area (Å²) in [6.07, 6.45) is 0.876. The first-order valence-electron chi connectivity index (χ1n) is 7.41. The fraction of sp³-hybridized carbons (Fsp3) is 0.294. The van der Waals surface area contributed by atoms with Gasteiger partial charge in [-0.2, -0.15) is 0 Å². The highest BCUT2D eigenvalue weighted by Gasteiger charge is 2.13. The van der Waals surface area contributed by atoms with Gasteiger partial charge in [0, 0.05) is 6.54 Å². The van der Waals surface area contributed by atoms with Crippen molar-refractivity contribution in [3.63, 3.8) is 0 Å². The van der Waals surface area contributed by atoms with Crippen molar-refractivity contribution in [3.8, 4) is 11.5 Å². The number of nitrogens with one attached hydrogen (secondary N) is 1. The Morgan fingerprint density at radius 3 is 2.26 bits per heavy atom. The van der Waals surface area contributed by atoms with E-state index in [1.54, 1.807) is 31.4 Å². The van der Waals surface area contributed by atoms with Crippen molar-refractivity contribution in [2.45, 2.75) is 18.2 Å². The Morgan fingerprint density at radius 2 is 1.65 bits per heavy atom. The van der Waals surface area contributed by atoms with E-state index < -0.39 is 10.0 Å². The van der Waals surface area contributed by atoms with E-state index >= 15 is 0 Å². The molecule has 5 nitrogen and oxygen atoms in total. The summed E-state index contributed by atoms with van der Waals surface area (Å²) < 4.78 is 37.6. The molecule has 2 rings (SSSR count). The lowest BCUT2D eigenvalue weighted by Crippen LogP contribution is -2.28. The number of ether oxygens (including phenoxy) is 2. The fourth-order valence-electron chi connectivity index (χ4n) is 2.06. The molecule has 0 spiro atoms. The van der Waals surface area contributed by atoms with Gasteiger partial charge in [0.25, 0.3) is 0 Å².